The van der Waals surface area contributed by atoms with Gasteiger partial charge in [0.1, 0.15) is 11.6 Å². The molecule has 0 radical (unpaired) electrons. The number of halogens is 1. The van der Waals surface area contributed by atoms with Gasteiger partial charge in [-0.15, -0.1) is 0 Å². The fraction of sp³-hybridized carbons (Fsp3) is 0.409. The molecule has 30 heavy (non-hydrogen) atoms. The lowest BCUT2D eigenvalue weighted by Crippen LogP contribution is -2.36. The van der Waals surface area contributed by atoms with Crippen molar-refractivity contribution in [2.24, 2.45) is 11.8 Å². The summed E-state index contributed by atoms with van der Waals surface area (Å²) in [5.41, 5.74) is 0.853. The summed E-state index contributed by atoms with van der Waals surface area (Å²) < 4.78 is 45.6. The minimum atomic E-state index is -3.57. The smallest absolute Gasteiger partial charge is 0.240 e. The van der Waals surface area contributed by atoms with Crippen LogP contribution >= 0.6 is 0 Å². The van der Waals surface area contributed by atoms with E-state index in [1.807, 2.05) is 0 Å². The molecule has 1 aliphatic carbocycles. The molecule has 1 aliphatic rings. The highest BCUT2D eigenvalue weighted by Crippen LogP contribution is 2.29. The predicted molar refractivity (Wildman–Crippen MR) is 112 cm³/mol. The van der Waals surface area contributed by atoms with Crippen LogP contribution in [0.5, 0.6) is 5.75 Å². The maximum absolute atomic E-state index is 12.9. The third-order valence-corrected chi connectivity index (χ3v) is 6.97. The van der Waals surface area contributed by atoms with Crippen LogP contribution in [0.3, 0.4) is 0 Å². The minimum Gasteiger partial charge on any atom is -0.497 e. The number of sulfonamides is 1. The summed E-state index contributed by atoms with van der Waals surface area (Å²) in [5, 5.41) is 2.91. The number of benzene rings is 2. The second-order valence-electron chi connectivity index (χ2n) is 7.59. The van der Waals surface area contributed by atoms with Crippen LogP contribution in [0.25, 0.3) is 0 Å². The molecule has 0 aromatic heterocycles. The first-order valence-electron chi connectivity index (χ1n) is 10.0. The van der Waals surface area contributed by atoms with E-state index in [1.165, 1.54) is 31.4 Å². The van der Waals surface area contributed by atoms with E-state index < -0.39 is 10.0 Å². The SMILES string of the molecule is COc1ccc(S(=O)(=O)NCC2CCC(C(=O)NCc3ccc(F)cc3)CC2)cc1. The van der Waals surface area contributed by atoms with Crippen molar-refractivity contribution in [1.82, 2.24) is 10.0 Å². The number of ether oxygens (including phenoxy) is 1. The highest BCUT2D eigenvalue weighted by molar-refractivity contribution is 7.89. The summed E-state index contributed by atoms with van der Waals surface area (Å²) >= 11 is 0. The molecule has 1 fully saturated rings. The Bertz CT molecular complexity index is 938. The van der Waals surface area contributed by atoms with Crippen molar-refractivity contribution >= 4 is 15.9 Å². The number of hydrogen-bond acceptors (Lipinski definition) is 4. The second-order valence-corrected chi connectivity index (χ2v) is 9.36. The lowest BCUT2D eigenvalue weighted by molar-refractivity contribution is -0.126. The van der Waals surface area contributed by atoms with Gasteiger partial charge in [-0.1, -0.05) is 12.1 Å². The summed E-state index contributed by atoms with van der Waals surface area (Å²) in [6, 6.07) is 12.3. The van der Waals surface area contributed by atoms with Crippen LogP contribution in [-0.4, -0.2) is 28.0 Å². The van der Waals surface area contributed by atoms with E-state index in [-0.39, 0.29) is 28.5 Å². The van der Waals surface area contributed by atoms with Gasteiger partial charge in [0.25, 0.3) is 0 Å². The van der Waals surface area contributed by atoms with Gasteiger partial charge >= 0.3 is 0 Å². The molecule has 1 saturated carbocycles. The van der Waals surface area contributed by atoms with Crippen LogP contribution in [-0.2, 0) is 21.4 Å². The van der Waals surface area contributed by atoms with Crippen molar-refractivity contribution < 1.29 is 22.3 Å². The van der Waals surface area contributed by atoms with Crippen molar-refractivity contribution in [3.63, 3.8) is 0 Å². The van der Waals surface area contributed by atoms with Gasteiger partial charge < -0.3 is 10.1 Å². The Balaban J connectivity index is 1.42. The van der Waals surface area contributed by atoms with Gasteiger partial charge in [0, 0.05) is 19.0 Å². The Labute approximate surface area is 176 Å². The molecule has 0 unspecified atom stereocenters. The van der Waals surface area contributed by atoms with E-state index in [2.05, 4.69) is 10.0 Å². The Morgan fingerprint density at radius 3 is 2.27 bits per heavy atom. The maximum atomic E-state index is 12.9. The third-order valence-electron chi connectivity index (χ3n) is 5.53. The Morgan fingerprint density at radius 2 is 1.67 bits per heavy atom. The molecule has 8 heteroatoms. The van der Waals surface area contributed by atoms with Gasteiger partial charge in [0.05, 0.1) is 12.0 Å². The fourth-order valence-electron chi connectivity index (χ4n) is 3.63. The molecule has 1 amide bonds. The molecular formula is C22H27FN2O4S. The molecule has 162 valence electrons. The molecule has 0 aliphatic heterocycles. The number of rotatable bonds is 8. The van der Waals surface area contributed by atoms with Gasteiger partial charge in [-0.3, -0.25) is 4.79 Å². The number of carbonyl (C=O) groups is 1. The first-order valence-corrected chi connectivity index (χ1v) is 11.5. The second kappa shape index (κ2) is 10.0. The average molecular weight is 435 g/mol. The van der Waals surface area contributed by atoms with Crippen LogP contribution in [0.15, 0.2) is 53.4 Å². The molecule has 2 aromatic carbocycles. The lowest BCUT2D eigenvalue weighted by atomic mass is 9.81. The summed E-state index contributed by atoms with van der Waals surface area (Å²) in [5.74, 6) is 0.437. The molecule has 0 heterocycles. The lowest BCUT2D eigenvalue weighted by Gasteiger charge is -2.28. The minimum absolute atomic E-state index is 0.00316. The number of methoxy groups -OCH3 is 1. The standard InChI is InChI=1S/C22H27FN2O4S/c1-29-20-10-12-21(13-11-20)30(27,28)25-15-17-2-6-18(7-3-17)22(26)24-14-16-4-8-19(23)9-5-16/h4-5,8-13,17-18,25H,2-3,6-7,14-15H2,1H3,(H,24,26). The zero-order chi connectivity index (χ0) is 21.6. The van der Waals surface area contributed by atoms with Gasteiger partial charge in [-0.05, 0) is 73.6 Å². The van der Waals surface area contributed by atoms with Gasteiger partial charge in [0.2, 0.25) is 15.9 Å². The topological polar surface area (TPSA) is 84.5 Å². The Morgan fingerprint density at radius 1 is 1.03 bits per heavy atom. The van der Waals surface area contributed by atoms with E-state index in [0.29, 0.717) is 18.8 Å². The number of carbonyl (C=O) groups excluding carboxylic acids is 1. The number of hydrogen-bond donors (Lipinski definition) is 2. The van der Waals surface area contributed by atoms with Crippen LogP contribution in [0.2, 0.25) is 0 Å². The summed E-state index contributed by atoms with van der Waals surface area (Å²) in [4.78, 5) is 12.6. The van der Waals surface area contributed by atoms with Crippen molar-refractivity contribution in [2.75, 3.05) is 13.7 Å². The molecular weight excluding hydrogens is 407 g/mol. The van der Waals surface area contributed by atoms with Gasteiger partial charge in [0.15, 0.2) is 0 Å². The summed E-state index contributed by atoms with van der Waals surface area (Å²) in [6.45, 7) is 0.735. The molecule has 0 saturated heterocycles. The highest BCUT2D eigenvalue weighted by atomic mass is 32.2. The largest absolute Gasteiger partial charge is 0.497 e. The van der Waals surface area contributed by atoms with Crippen LogP contribution in [0.4, 0.5) is 4.39 Å². The Kier molecular flexibility index (Phi) is 7.44. The molecule has 2 N–H and O–H groups in total. The van der Waals surface area contributed by atoms with Gasteiger partial charge in [-0.25, -0.2) is 17.5 Å². The van der Waals surface area contributed by atoms with E-state index in [1.54, 1.807) is 24.3 Å². The first kappa shape index (κ1) is 22.2. The maximum Gasteiger partial charge on any atom is 0.240 e. The van der Waals surface area contributed by atoms with E-state index in [9.17, 15) is 17.6 Å². The predicted octanol–water partition coefficient (Wildman–Crippen LogP) is 3.24. The molecule has 0 bridgehead atoms. The third kappa shape index (κ3) is 6.03. The Hall–Kier alpha value is -2.45. The van der Waals surface area contributed by atoms with E-state index >= 15 is 0 Å². The van der Waals surface area contributed by atoms with Crippen molar-refractivity contribution in [3.05, 3.63) is 59.9 Å². The van der Waals surface area contributed by atoms with Crippen LogP contribution in [0.1, 0.15) is 31.2 Å². The zero-order valence-electron chi connectivity index (χ0n) is 16.9. The number of amides is 1. The molecule has 0 atom stereocenters. The van der Waals surface area contributed by atoms with E-state index in [4.69, 9.17) is 4.74 Å². The van der Waals surface area contributed by atoms with Crippen LogP contribution in [0, 0.1) is 17.7 Å². The van der Waals surface area contributed by atoms with Gasteiger partial charge in [-0.2, -0.15) is 0 Å². The molecule has 0 spiro atoms. The van der Waals surface area contributed by atoms with Crippen molar-refractivity contribution in [1.29, 1.82) is 0 Å². The highest BCUT2D eigenvalue weighted by Gasteiger charge is 2.27. The van der Waals surface area contributed by atoms with E-state index in [0.717, 1.165) is 31.2 Å². The number of nitrogens with one attached hydrogen (secondary N) is 2. The van der Waals surface area contributed by atoms with Crippen molar-refractivity contribution in [2.45, 2.75) is 37.1 Å². The zero-order valence-corrected chi connectivity index (χ0v) is 17.8. The van der Waals surface area contributed by atoms with Crippen LogP contribution < -0.4 is 14.8 Å². The summed E-state index contributed by atoms with van der Waals surface area (Å²) in [6.07, 6.45) is 3.04. The first-order chi connectivity index (χ1) is 14.4. The normalized spacial score (nSPS) is 19.3. The monoisotopic (exact) mass is 434 g/mol. The molecule has 2 aromatic rings. The molecule has 3 rings (SSSR count). The quantitative estimate of drug-likeness (QED) is 0.668. The molecule has 6 nitrogen and oxygen atoms in total. The fourth-order valence-corrected chi connectivity index (χ4v) is 4.75. The summed E-state index contributed by atoms with van der Waals surface area (Å²) in [7, 11) is -2.04. The average Bonchev–Trinajstić information content (AvgIpc) is 2.77. The van der Waals surface area contributed by atoms with Crippen molar-refractivity contribution in [3.8, 4) is 5.75 Å².